The Kier molecular flexibility index (Phi) is 4.89. The first kappa shape index (κ1) is 15.1. The highest BCUT2D eigenvalue weighted by atomic mass is 35.5. The van der Waals surface area contributed by atoms with Crippen LogP contribution in [-0.4, -0.2) is 42.2 Å². The fraction of sp³-hybridized carbons (Fsp3) is 0.533. The van der Waals surface area contributed by atoms with Crippen molar-refractivity contribution in [2.24, 2.45) is 0 Å². The summed E-state index contributed by atoms with van der Waals surface area (Å²) >= 11 is 6.50. The number of methoxy groups -OCH3 is 1. The van der Waals surface area contributed by atoms with Crippen molar-refractivity contribution in [3.05, 3.63) is 29.3 Å². The van der Waals surface area contributed by atoms with E-state index in [1.165, 1.54) is 0 Å². The topological polar surface area (TPSA) is 49.8 Å². The largest absolute Gasteiger partial charge is 0.496 e. The van der Waals surface area contributed by atoms with Gasteiger partial charge in [0, 0.05) is 12.1 Å². The second-order valence-electron chi connectivity index (χ2n) is 5.20. The van der Waals surface area contributed by atoms with Crippen LogP contribution in [0.2, 0.25) is 0 Å². The molecule has 1 saturated heterocycles. The maximum Gasteiger partial charge on any atom is 0.320 e. The summed E-state index contributed by atoms with van der Waals surface area (Å²) in [6, 6.07) is 5.47. The number of aliphatic carboxylic acids is 1. The van der Waals surface area contributed by atoms with Crippen molar-refractivity contribution in [1.82, 2.24) is 4.90 Å². The second-order valence-corrected chi connectivity index (χ2v) is 5.73. The van der Waals surface area contributed by atoms with Crippen molar-refractivity contribution in [2.75, 3.05) is 20.2 Å². The zero-order chi connectivity index (χ0) is 14.7. The first-order valence-corrected chi connectivity index (χ1v) is 7.22. The number of carboxylic acids is 1. The van der Waals surface area contributed by atoms with Crippen LogP contribution < -0.4 is 4.74 Å². The van der Waals surface area contributed by atoms with Crippen LogP contribution in [0.15, 0.2) is 18.2 Å². The van der Waals surface area contributed by atoms with Gasteiger partial charge in [0.1, 0.15) is 11.8 Å². The maximum absolute atomic E-state index is 11.2. The molecule has 5 heteroatoms. The van der Waals surface area contributed by atoms with Gasteiger partial charge < -0.3 is 9.84 Å². The van der Waals surface area contributed by atoms with Crippen LogP contribution in [0, 0.1) is 6.92 Å². The van der Waals surface area contributed by atoms with E-state index in [0.29, 0.717) is 13.0 Å². The van der Waals surface area contributed by atoms with Crippen molar-refractivity contribution in [3.8, 4) is 5.75 Å². The average molecular weight is 298 g/mol. The normalized spacial score (nSPS) is 20.9. The van der Waals surface area contributed by atoms with Gasteiger partial charge in [0.2, 0.25) is 0 Å². The molecule has 1 aromatic rings. The molecule has 0 spiro atoms. The van der Waals surface area contributed by atoms with E-state index in [4.69, 9.17) is 16.3 Å². The Balaban J connectivity index is 2.13. The standard InChI is InChI=1S/C15H20ClNO3/c1-10-5-6-14(20-2)11(8-10)12(16)9-17-7-3-4-13(17)15(18)19/h5-6,8,12-13H,3-4,7,9H2,1-2H3,(H,18,19). The van der Waals surface area contributed by atoms with Crippen molar-refractivity contribution in [2.45, 2.75) is 31.2 Å². The van der Waals surface area contributed by atoms with Gasteiger partial charge in [-0.3, -0.25) is 9.69 Å². The summed E-state index contributed by atoms with van der Waals surface area (Å²) in [5, 5.41) is 8.93. The minimum absolute atomic E-state index is 0.273. The predicted molar refractivity (Wildman–Crippen MR) is 78.6 cm³/mol. The van der Waals surface area contributed by atoms with Gasteiger partial charge in [-0.2, -0.15) is 0 Å². The van der Waals surface area contributed by atoms with Crippen LogP contribution in [0.4, 0.5) is 0 Å². The average Bonchev–Trinajstić information content (AvgIpc) is 2.87. The Morgan fingerprint density at radius 2 is 2.35 bits per heavy atom. The van der Waals surface area contributed by atoms with E-state index in [1.807, 2.05) is 30.0 Å². The molecule has 2 rings (SSSR count). The van der Waals surface area contributed by atoms with Crippen LogP contribution in [0.1, 0.15) is 29.3 Å². The first-order valence-electron chi connectivity index (χ1n) is 6.78. The van der Waals surface area contributed by atoms with Crippen molar-refractivity contribution in [3.63, 3.8) is 0 Å². The highest BCUT2D eigenvalue weighted by Crippen LogP contribution is 2.33. The van der Waals surface area contributed by atoms with Crippen LogP contribution in [-0.2, 0) is 4.79 Å². The SMILES string of the molecule is COc1ccc(C)cc1C(Cl)CN1CCCC1C(=O)O. The summed E-state index contributed by atoms with van der Waals surface area (Å²) < 4.78 is 5.34. The number of carbonyl (C=O) groups is 1. The molecule has 1 fully saturated rings. The lowest BCUT2D eigenvalue weighted by atomic mass is 10.1. The molecule has 0 radical (unpaired) electrons. The summed E-state index contributed by atoms with van der Waals surface area (Å²) in [4.78, 5) is 13.1. The van der Waals surface area contributed by atoms with E-state index in [2.05, 4.69) is 0 Å². The quantitative estimate of drug-likeness (QED) is 0.849. The molecule has 1 N–H and O–H groups in total. The van der Waals surface area contributed by atoms with Crippen LogP contribution in [0.5, 0.6) is 5.75 Å². The van der Waals surface area contributed by atoms with Crippen molar-refractivity contribution < 1.29 is 14.6 Å². The van der Waals surface area contributed by atoms with E-state index in [1.54, 1.807) is 7.11 Å². The fourth-order valence-electron chi connectivity index (χ4n) is 2.73. The van der Waals surface area contributed by atoms with Crippen LogP contribution >= 0.6 is 11.6 Å². The van der Waals surface area contributed by atoms with E-state index < -0.39 is 12.0 Å². The number of hydrogen-bond acceptors (Lipinski definition) is 3. The molecule has 2 unspecified atom stereocenters. The van der Waals surface area contributed by atoms with E-state index in [0.717, 1.165) is 29.8 Å². The zero-order valence-electron chi connectivity index (χ0n) is 11.8. The molecule has 0 saturated carbocycles. The number of aryl methyl sites for hydroxylation is 1. The highest BCUT2D eigenvalue weighted by molar-refractivity contribution is 6.21. The summed E-state index contributed by atoms with van der Waals surface area (Å²) in [6.07, 6.45) is 1.61. The van der Waals surface area contributed by atoms with Crippen molar-refractivity contribution >= 4 is 17.6 Å². The van der Waals surface area contributed by atoms with Gasteiger partial charge in [0.05, 0.1) is 12.5 Å². The zero-order valence-corrected chi connectivity index (χ0v) is 12.6. The lowest BCUT2D eigenvalue weighted by molar-refractivity contribution is -0.142. The maximum atomic E-state index is 11.2. The van der Waals surface area contributed by atoms with Gasteiger partial charge in [-0.05, 0) is 32.4 Å². The molecule has 1 heterocycles. The number of ether oxygens (including phenoxy) is 1. The highest BCUT2D eigenvalue weighted by Gasteiger charge is 2.32. The second kappa shape index (κ2) is 6.46. The minimum Gasteiger partial charge on any atom is -0.496 e. The number of benzene rings is 1. The van der Waals surface area contributed by atoms with Gasteiger partial charge >= 0.3 is 5.97 Å². The van der Waals surface area contributed by atoms with Gasteiger partial charge in [-0.1, -0.05) is 17.7 Å². The number of carboxylic acid groups (broad SMARTS) is 1. The molecule has 4 nitrogen and oxygen atoms in total. The van der Waals surface area contributed by atoms with E-state index in [9.17, 15) is 9.90 Å². The third kappa shape index (κ3) is 3.25. The Bertz CT molecular complexity index is 492. The van der Waals surface area contributed by atoms with Gasteiger partial charge in [-0.25, -0.2) is 0 Å². The lowest BCUT2D eigenvalue weighted by Gasteiger charge is -2.24. The Morgan fingerprint density at radius 1 is 1.60 bits per heavy atom. The smallest absolute Gasteiger partial charge is 0.320 e. The summed E-state index contributed by atoms with van der Waals surface area (Å²) in [7, 11) is 1.62. The third-order valence-electron chi connectivity index (χ3n) is 3.77. The molecule has 0 aliphatic carbocycles. The van der Waals surface area contributed by atoms with Gasteiger partial charge in [0.15, 0.2) is 0 Å². The molecule has 110 valence electrons. The van der Waals surface area contributed by atoms with Crippen molar-refractivity contribution in [1.29, 1.82) is 0 Å². The Labute approximate surface area is 124 Å². The van der Waals surface area contributed by atoms with Gasteiger partial charge in [0.25, 0.3) is 0 Å². The molecule has 20 heavy (non-hydrogen) atoms. The van der Waals surface area contributed by atoms with Crippen LogP contribution in [0.25, 0.3) is 0 Å². The summed E-state index contributed by atoms with van der Waals surface area (Å²) in [5.41, 5.74) is 2.04. The lowest BCUT2D eigenvalue weighted by Crippen LogP contribution is -2.37. The minimum atomic E-state index is -0.762. The molecule has 0 aromatic heterocycles. The summed E-state index contributed by atoms with van der Waals surface area (Å²) in [5.74, 6) is -0.00996. The number of hydrogen-bond donors (Lipinski definition) is 1. The molecular formula is C15H20ClNO3. The van der Waals surface area contributed by atoms with E-state index >= 15 is 0 Å². The summed E-state index contributed by atoms with van der Waals surface area (Å²) in [6.45, 7) is 3.31. The number of halogens is 1. The number of nitrogens with zero attached hydrogens (tertiary/aromatic N) is 1. The molecule has 0 amide bonds. The molecule has 1 aromatic carbocycles. The molecule has 0 bridgehead atoms. The molecular weight excluding hydrogens is 278 g/mol. The molecule has 1 aliphatic rings. The molecule has 1 aliphatic heterocycles. The third-order valence-corrected chi connectivity index (χ3v) is 4.14. The first-order chi connectivity index (χ1) is 9.52. The Hall–Kier alpha value is -1.26. The van der Waals surface area contributed by atoms with Gasteiger partial charge in [-0.15, -0.1) is 11.6 Å². The monoisotopic (exact) mass is 297 g/mol. The van der Waals surface area contributed by atoms with E-state index in [-0.39, 0.29) is 5.38 Å². The van der Waals surface area contributed by atoms with Crippen LogP contribution in [0.3, 0.4) is 0 Å². The Morgan fingerprint density at radius 3 is 3.00 bits per heavy atom. The fourth-order valence-corrected chi connectivity index (χ4v) is 3.07. The predicted octanol–water partition coefficient (Wildman–Crippen LogP) is 2.83. The number of likely N-dealkylation sites (tertiary alicyclic amines) is 1. The number of rotatable bonds is 5. The number of alkyl halides is 1. The molecule has 2 atom stereocenters.